The molecule has 1 saturated heterocycles. The highest BCUT2D eigenvalue weighted by molar-refractivity contribution is 5.84. The van der Waals surface area contributed by atoms with Crippen molar-refractivity contribution in [1.29, 1.82) is 0 Å². The predicted octanol–water partition coefficient (Wildman–Crippen LogP) is 2.75. The molecule has 7 heteroatoms. The first-order valence-electron chi connectivity index (χ1n) is 8.92. The Morgan fingerprint density at radius 3 is 2.81 bits per heavy atom. The number of aryl methyl sites for hydroxylation is 1. The Hall–Kier alpha value is -2.41. The molecule has 7 nitrogen and oxygen atoms in total. The van der Waals surface area contributed by atoms with Crippen LogP contribution in [-0.4, -0.2) is 34.8 Å². The van der Waals surface area contributed by atoms with Gasteiger partial charge >= 0.3 is 0 Å². The van der Waals surface area contributed by atoms with E-state index in [0.717, 1.165) is 25.0 Å². The van der Waals surface area contributed by atoms with Crippen LogP contribution in [0.1, 0.15) is 50.1 Å². The van der Waals surface area contributed by atoms with Gasteiger partial charge in [-0.3, -0.25) is 4.79 Å². The average molecular weight is 359 g/mol. The number of carbonyl (C=O) groups excluding carboxylic acids is 1. The van der Waals surface area contributed by atoms with Crippen LogP contribution in [0.2, 0.25) is 0 Å². The maximum absolute atomic E-state index is 12.4. The first-order valence-corrected chi connectivity index (χ1v) is 8.92. The van der Waals surface area contributed by atoms with Crippen LogP contribution in [-0.2, 0) is 16.0 Å². The van der Waals surface area contributed by atoms with Gasteiger partial charge in [-0.05, 0) is 45.7 Å². The minimum atomic E-state index is -0.977. The lowest BCUT2D eigenvalue weighted by Gasteiger charge is -2.25. The van der Waals surface area contributed by atoms with Crippen molar-refractivity contribution in [3.05, 3.63) is 41.5 Å². The second-order valence-corrected chi connectivity index (χ2v) is 6.98. The van der Waals surface area contributed by atoms with Crippen LogP contribution in [0, 0.1) is 6.92 Å². The van der Waals surface area contributed by atoms with Crippen LogP contribution >= 0.6 is 0 Å². The summed E-state index contributed by atoms with van der Waals surface area (Å²) in [7, 11) is 0. The molecule has 0 saturated carbocycles. The van der Waals surface area contributed by atoms with Gasteiger partial charge in [-0.25, -0.2) is 0 Å². The Labute approximate surface area is 153 Å². The van der Waals surface area contributed by atoms with E-state index in [-0.39, 0.29) is 12.0 Å². The highest BCUT2D eigenvalue weighted by Gasteiger charge is 2.30. The van der Waals surface area contributed by atoms with Crippen molar-refractivity contribution in [3.8, 4) is 5.75 Å². The van der Waals surface area contributed by atoms with Gasteiger partial charge in [0.1, 0.15) is 11.9 Å². The van der Waals surface area contributed by atoms with E-state index in [2.05, 4.69) is 15.5 Å². The summed E-state index contributed by atoms with van der Waals surface area (Å²) in [5.41, 5.74) is 0.164. The topological polar surface area (TPSA) is 86.5 Å². The Kier molecular flexibility index (Phi) is 5.56. The summed E-state index contributed by atoms with van der Waals surface area (Å²) in [6.45, 7) is 6.63. The van der Waals surface area contributed by atoms with E-state index in [0.29, 0.717) is 30.4 Å². The third kappa shape index (κ3) is 4.60. The molecule has 1 N–H and O–H groups in total. The number of rotatable bonds is 7. The Bertz CT molecular complexity index is 733. The molecule has 2 heterocycles. The zero-order chi connectivity index (χ0) is 18.6. The van der Waals surface area contributed by atoms with Crippen molar-refractivity contribution in [1.82, 2.24) is 15.5 Å². The Morgan fingerprint density at radius 1 is 1.35 bits per heavy atom. The van der Waals surface area contributed by atoms with Crippen LogP contribution < -0.4 is 10.1 Å². The number of carbonyl (C=O) groups is 1. The summed E-state index contributed by atoms with van der Waals surface area (Å²) in [6, 6.07) is 7.61. The second-order valence-electron chi connectivity index (χ2n) is 6.98. The molecule has 1 aliphatic heterocycles. The van der Waals surface area contributed by atoms with E-state index < -0.39 is 5.60 Å². The van der Waals surface area contributed by atoms with E-state index in [9.17, 15) is 4.79 Å². The molecule has 0 spiro atoms. The molecule has 3 rings (SSSR count). The lowest BCUT2D eigenvalue weighted by molar-refractivity contribution is -0.134. The molecule has 1 amide bonds. The summed E-state index contributed by atoms with van der Waals surface area (Å²) in [4.78, 5) is 16.8. The van der Waals surface area contributed by atoms with Crippen molar-refractivity contribution in [2.75, 3.05) is 13.2 Å². The fourth-order valence-electron chi connectivity index (χ4n) is 2.72. The number of ether oxygens (including phenoxy) is 2. The zero-order valence-corrected chi connectivity index (χ0v) is 15.4. The number of nitrogens with one attached hydrogen (secondary N) is 1. The number of nitrogens with zero attached hydrogens (tertiary/aromatic N) is 2. The normalized spacial score (nSPS) is 17.3. The fraction of sp³-hybridized carbons (Fsp3) is 0.526. The van der Waals surface area contributed by atoms with Crippen molar-refractivity contribution in [2.45, 2.75) is 51.7 Å². The predicted molar refractivity (Wildman–Crippen MR) is 94.8 cm³/mol. The largest absolute Gasteiger partial charge is 0.478 e. The summed E-state index contributed by atoms with van der Waals surface area (Å²) in [5, 5.41) is 6.81. The van der Waals surface area contributed by atoms with E-state index >= 15 is 0 Å². The SMILES string of the molecule is Cc1ccc(OC(C)(C)C(=O)NCCc2noc([C@@H]3CCCO3)n2)cc1. The number of hydrogen-bond donors (Lipinski definition) is 1. The highest BCUT2D eigenvalue weighted by atomic mass is 16.5. The molecule has 0 bridgehead atoms. The second kappa shape index (κ2) is 7.86. The molecule has 1 fully saturated rings. The van der Waals surface area contributed by atoms with Crippen molar-refractivity contribution in [2.24, 2.45) is 0 Å². The fourth-order valence-corrected chi connectivity index (χ4v) is 2.72. The van der Waals surface area contributed by atoms with Gasteiger partial charge in [-0.15, -0.1) is 0 Å². The Morgan fingerprint density at radius 2 is 2.12 bits per heavy atom. The summed E-state index contributed by atoms with van der Waals surface area (Å²) in [5.74, 6) is 1.55. The summed E-state index contributed by atoms with van der Waals surface area (Å²) < 4.78 is 16.6. The highest BCUT2D eigenvalue weighted by Crippen LogP contribution is 2.26. The Balaban J connectivity index is 1.47. The number of benzene rings is 1. The monoisotopic (exact) mass is 359 g/mol. The van der Waals surface area contributed by atoms with Gasteiger partial charge in [0.25, 0.3) is 11.8 Å². The van der Waals surface area contributed by atoms with Crippen LogP contribution in [0.3, 0.4) is 0 Å². The molecular formula is C19H25N3O4. The van der Waals surface area contributed by atoms with Crippen molar-refractivity contribution < 1.29 is 18.8 Å². The number of amides is 1. The smallest absolute Gasteiger partial charge is 0.263 e. The van der Waals surface area contributed by atoms with E-state index in [1.807, 2.05) is 31.2 Å². The van der Waals surface area contributed by atoms with Crippen LogP contribution in [0.4, 0.5) is 0 Å². The molecule has 26 heavy (non-hydrogen) atoms. The minimum Gasteiger partial charge on any atom is -0.478 e. The molecule has 140 valence electrons. The maximum Gasteiger partial charge on any atom is 0.263 e. The van der Waals surface area contributed by atoms with Crippen LogP contribution in [0.15, 0.2) is 28.8 Å². The van der Waals surface area contributed by atoms with Gasteiger partial charge in [0.05, 0.1) is 0 Å². The van der Waals surface area contributed by atoms with Crippen LogP contribution in [0.25, 0.3) is 0 Å². The van der Waals surface area contributed by atoms with Gasteiger partial charge < -0.3 is 19.3 Å². The summed E-state index contributed by atoms with van der Waals surface area (Å²) in [6.07, 6.45) is 2.31. The molecule has 1 atom stereocenters. The quantitative estimate of drug-likeness (QED) is 0.818. The van der Waals surface area contributed by atoms with E-state index in [1.54, 1.807) is 13.8 Å². The average Bonchev–Trinajstić information content (AvgIpc) is 3.28. The first-order chi connectivity index (χ1) is 12.4. The van der Waals surface area contributed by atoms with Gasteiger partial charge in [-0.1, -0.05) is 22.9 Å². The molecular weight excluding hydrogens is 334 g/mol. The lowest BCUT2D eigenvalue weighted by Crippen LogP contribution is -2.47. The molecule has 0 unspecified atom stereocenters. The molecule has 2 aromatic rings. The van der Waals surface area contributed by atoms with Gasteiger partial charge in [0.15, 0.2) is 11.4 Å². The van der Waals surface area contributed by atoms with Gasteiger partial charge in [-0.2, -0.15) is 4.98 Å². The maximum atomic E-state index is 12.4. The van der Waals surface area contributed by atoms with Gasteiger partial charge in [0.2, 0.25) is 0 Å². The van der Waals surface area contributed by atoms with Crippen molar-refractivity contribution in [3.63, 3.8) is 0 Å². The van der Waals surface area contributed by atoms with E-state index in [4.69, 9.17) is 14.0 Å². The molecule has 0 radical (unpaired) electrons. The summed E-state index contributed by atoms with van der Waals surface area (Å²) >= 11 is 0. The lowest BCUT2D eigenvalue weighted by atomic mass is 10.1. The standard InChI is InChI=1S/C19H25N3O4/c1-13-6-8-14(9-7-13)25-19(2,3)18(23)20-11-10-16-21-17(26-22-16)15-5-4-12-24-15/h6-9,15H,4-5,10-12H2,1-3H3,(H,20,23)/t15-/m0/s1. The van der Waals surface area contributed by atoms with Gasteiger partial charge in [0, 0.05) is 19.6 Å². The molecule has 1 aromatic carbocycles. The van der Waals surface area contributed by atoms with E-state index in [1.165, 1.54) is 0 Å². The first kappa shape index (κ1) is 18.4. The molecule has 0 aliphatic carbocycles. The third-order valence-electron chi connectivity index (χ3n) is 4.26. The van der Waals surface area contributed by atoms with Crippen LogP contribution in [0.5, 0.6) is 5.75 Å². The molecule has 1 aliphatic rings. The number of aromatic nitrogens is 2. The third-order valence-corrected chi connectivity index (χ3v) is 4.26. The number of hydrogen-bond acceptors (Lipinski definition) is 6. The van der Waals surface area contributed by atoms with Crippen molar-refractivity contribution >= 4 is 5.91 Å². The zero-order valence-electron chi connectivity index (χ0n) is 15.4. The minimum absolute atomic E-state index is 0.0901. The molecule has 1 aromatic heterocycles.